The maximum absolute atomic E-state index is 12.1. The van der Waals surface area contributed by atoms with E-state index in [4.69, 9.17) is 4.74 Å². The molecule has 1 fully saturated rings. The number of likely N-dealkylation sites (N-methyl/N-ethyl adjacent to an activating group) is 1. The molecule has 1 saturated heterocycles. The Morgan fingerprint density at radius 2 is 1.86 bits per heavy atom. The highest BCUT2D eigenvalue weighted by Gasteiger charge is 2.31. The number of hydrogen-bond donors (Lipinski definition) is 1. The molecule has 0 aromatic heterocycles. The normalized spacial score (nSPS) is 29.1. The third-order valence-electron chi connectivity index (χ3n) is 4.41. The highest BCUT2D eigenvalue weighted by molar-refractivity contribution is 5.99. The number of carbonyl (C=O) groups excluding carboxylic acids is 1. The minimum Gasteiger partial charge on any atom is -0.479 e. The van der Waals surface area contributed by atoms with Gasteiger partial charge in [0.1, 0.15) is 5.75 Å². The maximum atomic E-state index is 12.1. The fourth-order valence-electron chi connectivity index (χ4n) is 3.30. The summed E-state index contributed by atoms with van der Waals surface area (Å²) in [5.74, 6) is 0.782. The Bertz CT molecular complexity index is 550. The summed E-state index contributed by atoms with van der Waals surface area (Å²) >= 11 is 0. The van der Waals surface area contributed by atoms with Gasteiger partial charge in [-0.25, -0.2) is 0 Å². The van der Waals surface area contributed by atoms with Gasteiger partial charge in [0.2, 0.25) is 0 Å². The summed E-state index contributed by atoms with van der Waals surface area (Å²) in [7, 11) is 1.81. The molecular weight excluding hydrogens is 266 g/mol. The molecule has 5 nitrogen and oxygen atoms in total. The molecule has 2 aliphatic rings. The van der Waals surface area contributed by atoms with Gasteiger partial charge in [0.25, 0.3) is 5.91 Å². The second-order valence-electron chi connectivity index (χ2n) is 6.07. The van der Waals surface area contributed by atoms with E-state index in [0.717, 1.165) is 30.2 Å². The largest absolute Gasteiger partial charge is 0.479 e. The van der Waals surface area contributed by atoms with E-state index in [-0.39, 0.29) is 5.91 Å². The average molecular weight is 289 g/mol. The van der Waals surface area contributed by atoms with Gasteiger partial charge in [-0.05, 0) is 39.0 Å². The number of benzene rings is 1. The van der Waals surface area contributed by atoms with Crippen LogP contribution in [0.4, 0.5) is 11.4 Å². The van der Waals surface area contributed by atoms with E-state index in [1.807, 2.05) is 13.1 Å². The van der Waals surface area contributed by atoms with Crippen LogP contribution >= 0.6 is 0 Å². The van der Waals surface area contributed by atoms with Gasteiger partial charge in [-0.3, -0.25) is 4.79 Å². The van der Waals surface area contributed by atoms with Crippen LogP contribution in [0, 0.1) is 0 Å². The quantitative estimate of drug-likeness (QED) is 0.853. The van der Waals surface area contributed by atoms with E-state index < -0.39 is 6.10 Å². The van der Waals surface area contributed by atoms with Crippen molar-refractivity contribution in [2.45, 2.75) is 39.0 Å². The summed E-state index contributed by atoms with van der Waals surface area (Å²) in [4.78, 5) is 16.2. The van der Waals surface area contributed by atoms with Crippen molar-refractivity contribution >= 4 is 17.3 Å². The van der Waals surface area contributed by atoms with E-state index in [2.05, 4.69) is 36.2 Å². The van der Waals surface area contributed by atoms with Crippen molar-refractivity contribution in [3.8, 4) is 5.75 Å². The van der Waals surface area contributed by atoms with Gasteiger partial charge in [0, 0.05) is 37.9 Å². The lowest BCUT2D eigenvalue weighted by Crippen LogP contribution is -2.55. The van der Waals surface area contributed by atoms with Crippen LogP contribution in [0.15, 0.2) is 18.2 Å². The molecule has 2 aliphatic heterocycles. The molecule has 1 aromatic rings. The van der Waals surface area contributed by atoms with Crippen molar-refractivity contribution in [1.82, 2.24) is 5.32 Å². The van der Waals surface area contributed by atoms with Crippen LogP contribution in [-0.4, -0.2) is 44.2 Å². The van der Waals surface area contributed by atoms with Crippen molar-refractivity contribution in [3.05, 3.63) is 18.2 Å². The highest BCUT2D eigenvalue weighted by atomic mass is 16.5. The first-order chi connectivity index (χ1) is 9.99. The zero-order valence-electron chi connectivity index (χ0n) is 13.1. The molecule has 0 bridgehead atoms. The minimum atomic E-state index is -0.412. The first-order valence-corrected chi connectivity index (χ1v) is 7.56. The Balaban J connectivity index is 1.97. The molecule has 0 spiro atoms. The lowest BCUT2D eigenvalue weighted by Gasteiger charge is -2.42. The van der Waals surface area contributed by atoms with Crippen molar-refractivity contribution in [1.29, 1.82) is 0 Å². The van der Waals surface area contributed by atoms with E-state index in [1.54, 1.807) is 11.8 Å². The molecule has 0 saturated carbocycles. The van der Waals surface area contributed by atoms with E-state index in [9.17, 15) is 4.79 Å². The number of amides is 1. The van der Waals surface area contributed by atoms with Gasteiger partial charge in [-0.15, -0.1) is 0 Å². The Hall–Kier alpha value is -1.75. The van der Waals surface area contributed by atoms with Crippen LogP contribution in [0.1, 0.15) is 20.8 Å². The molecule has 0 radical (unpaired) electrons. The van der Waals surface area contributed by atoms with Crippen molar-refractivity contribution in [2.75, 3.05) is 29.9 Å². The van der Waals surface area contributed by atoms with Crippen molar-refractivity contribution in [2.24, 2.45) is 0 Å². The average Bonchev–Trinajstić information content (AvgIpc) is 2.45. The zero-order valence-corrected chi connectivity index (χ0v) is 13.1. The number of carbonyl (C=O) groups is 1. The molecule has 1 aromatic carbocycles. The van der Waals surface area contributed by atoms with Gasteiger partial charge in [0.05, 0.1) is 5.69 Å². The van der Waals surface area contributed by atoms with E-state index in [1.165, 1.54) is 0 Å². The molecule has 114 valence electrons. The maximum Gasteiger partial charge on any atom is 0.267 e. The Kier molecular flexibility index (Phi) is 3.53. The molecule has 5 heteroatoms. The summed E-state index contributed by atoms with van der Waals surface area (Å²) in [6.45, 7) is 8.18. The van der Waals surface area contributed by atoms with Crippen LogP contribution in [0.2, 0.25) is 0 Å². The number of anilines is 2. The van der Waals surface area contributed by atoms with E-state index in [0.29, 0.717) is 12.1 Å². The minimum absolute atomic E-state index is 0.000979. The molecular formula is C16H23N3O2. The van der Waals surface area contributed by atoms with Crippen LogP contribution < -0.4 is 19.9 Å². The predicted octanol–water partition coefficient (Wildman–Crippen LogP) is 1.62. The number of ether oxygens (including phenoxy) is 1. The Morgan fingerprint density at radius 1 is 1.19 bits per heavy atom. The van der Waals surface area contributed by atoms with Gasteiger partial charge >= 0.3 is 0 Å². The van der Waals surface area contributed by atoms with Gasteiger partial charge in [0.15, 0.2) is 6.10 Å². The summed E-state index contributed by atoms with van der Waals surface area (Å²) < 4.78 is 5.69. The summed E-state index contributed by atoms with van der Waals surface area (Å²) in [5, 5.41) is 3.44. The van der Waals surface area contributed by atoms with Crippen molar-refractivity contribution in [3.63, 3.8) is 0 Å². The number of fused-ring (bicyclic) bond motifs is 1. The zero-order chi connectivity index (χ0) is 15.1. The van der Waals surface area contributed by atoms with Crippen LogP contribution in [0.25, 0.3) is 0 Å². The topological polar surface area (TPSA) is 44.8 Å². The fraction of sp³-hybridized carbons (Fsp3) is 0.562. The SMILES string of the molecule is CC1Oc2ccc(N3C(C)CNCC3C)cc2N(C)C1=O. The lowest BCUT2D eigenvalue weighted by molar-refractivity contribution is -0.125. The summed E-state index contributed by atoms with van der Waals surface area (Å²) in [6.07, 6.45) is -0.412. The third-order valence-corrected chi connectivity index (χ3v) is 4.41. The second-order valence-corrected chi connectivity index (χ2v) is 6.07. The fourth-order valence-corrected chi connectivity index (χ4v) is 3.30. The van der Waals surface area contributed by atoms with Gasteiger partial charge < -0.3 is 19.9 Å². The number of piperazine rings is 1. The molecule has 0 aliphatic carbocycles. The van der Waals surface area contributed by atoms with Gasteiger partial charge in [-0.1, -0.05) is 0 Å². The number of nitrogens with zero attached hydrogens (tertiary/aromatic N) is 2. The molecule has 21 heavy (non-hydrogen) atoms. The summed E-state index contributed by atoms with van der Waals surface area (Å²) in [6, 6.07) is 6.99. The van der Waals surface area contributed by atoms with Gasteiger partial charge in [-0.2, -0.15) is 0 Å². The Morgan fingerprint density at radius 3 is 2.52 bits per heavy atom. The molecule has 1 N–H and O–H groups in total. The lowest BCUT2D eigenvalue weighted by atomic mass is 10.1. The second kappa shape index (κ2) is 5.22. The molecule has 1 amide bonds. The first kappa shape index (κ1) is 14.2. The first-order valence-electron chi connectivity index (χ1n) is 7.56. The van der Waals surface area contributed by atoms with Crippen LogP contribution in [0.3, 0.4) is 0 Å². The number of rotatable bonds is 1. The molecule has 3 atom stereocenters. The van der Waals surface area contributed by atoms with Crippen LogP contribution in [-0.2, 0) is 4.79 Å². The Labute approximate surface area is 125 Å². The molecule has 3 unspecified atom stereocenters. The highest BCUT2D eigenvalue weighted by Crippen LogP contribution is 2.37. The van der Waals surface area contributed by atoms with E-state index >= 15 is 0 Å². The van der Waals surface area contributed by atoms with Crippen LogP contribution in [0.5, 0.6) is 5.75 Å². The predicted molar refractivity (Wildman–Crippen MR) is 84.2 cm³/mol. The van der Waals surface area contributed by atoms with Crippen molar-refractivity contribution < 1.29 is 9.53 Å². The monoisotopic (exact) mass is 289 g/mol. The summed E-state index contributed by atoms with van der Waals surface area (Å²) in [5.41, 5.74) is 2.00. The third kappa shape index (κ3) is 2.35. The molecule has 3 rings (SSSR count). The number of hydrogen-bond acceptors (Lipinski definition) is 4. The molecule has 2 heterocycles. The standard InChI is InChI=1S/C16H23N3O2/c1-10-8-17-9-11(2)19(10)13-5-6-15-14(7-13)18(4)16(20)12(3)21-15/h5-7,10-12,17H,8-9H2,1-4H3. The number of nitrogens with one attached hydrogen (secondary N) is 1. The smallest absolute Gasteiger partial charge is 0.267 e.